The highest BCUT2D eigenvalue weighted by Gasteiger charge is 2.16. The van der Waals surface area contributed by atoms with Gasteiger partial charge < -0.3 is 4.98 Å². The molecule has 1 N–H and O–H groups in total. The number of H-pyrrole nitrogens is 1. The van der Waals surface area contributed by atoms with E-state index in [9.17, 15) is 0 Å². The summed E-state index contributed by atoms with van der Waals surface area (Å²) >= 11 is 6.62. The smallest absolute Gasteiger partial charge is 0.161 e. The number of rotatable bonds is 7. The second-order valence-electron chi connectivity index (χ2n) is 17.5. The van der Waals surface area contributed by atoms with Crippen LogP contribution >= 0.6 is 11.6 Å². The lowest BCUT2D eigenvalue weighted by Crippen LogP contribution is -1.93. The van der Waals surface area contributed by atoms with Crippen LogP contribution in [0.15, 0.2) is 237 Å². The Hall–Kier alpha value is -8.63. The van der Waals surface area contributed by atoms with Gasteiger partial charge in [-0.3, -0.25) is 0 Å². The van der Waals surface area contributed by atoms with Gasteiger partial charge in [0.15, 0.2) is 5.82 Å². The molecule has 0 saturated carbocycles. The monoisotopic (exact) mass is 885 g/mol. The van der Waals surface area contributed by atoms with E-state index in [1.54, 1.807) is 0 Å². The third-order valence-electron chi connectivity index (χ3n) is 13.6. The summed E-state index contributed by atoms with van der Waals surface area (Å²) in [7, 11) is 0. The first kappa shape index (κ1) is 39.7. The first-order valence-corrected chi connectivity index (χ1v) is 23.4. The maximum absolute atomic E-state index is 6.62. The number of nitrogens with one attached hydrogen (secondary N) is 1. The third kappa shape index (κ3) is 6.91. The molecule has 0 aliphatic heterocycles. The zero-order valence-corrected chi connectivity index (χ0v) is 37.5. The molecule has 68 heavy (non-hydrogen) atoms. The number of benzene rings is 11. The van der Waals surface area contributed by atoms with Crippen molar-refractivity contribution >= 4 is 65.7 Å². The number of halogens is 1. The average Bonchev–Trinajstić information content (AvgIpc) is 3.80. The maximum Gasteiger partial charge on any atom is 0.161 e. The van der Waals surface area contributed by atoms with E-state index in [-0.39, 0.29) is 0 Å². The zero-order chi connectivity index (χ0) is 45.1. The lowest BCUT2D eigenvalue weighted by atomic mass is 9.91. The molecular weight excluding hydrogens is 846 g/mol. The summed E-state index contributed by atoms with van der Waals surface area (Å²) in [6.45, 7) is 0. The highest BCUT2D eigenvalue weighted by Crippen LogP contribution is 2.41. The second-order valence-corrected chi connectivity index (χ2v) is 17.9. The van der Waals surface area contributed by atoms with Crippen molar-refractivity contribution in [2.45, 2.75) is 0 Å². The first-order valence-electron chi connectivity index (χ1n) is 23.0. The number of aromatic nitrogens is 3. The van der Waals surface area contributed by atoms with E-state index in [0.717, 1.165) is 55.7 Å². The van der Waals surface area contributed by atoms with Gasteiger partial charge in [-0.2, -0.15) is 0 Å². The minimum Gasteiger partial charge on any atom is -0.353 e. The quantitative estimate of drug-likeness (QED) is 0.128. The third-order valence-corrected chi connectivity index (χ3v) is 13.7. The summed E-state index contributed by atoms with van der Waals surface area (Å²) in [4.78, 5) is 13.5. The molecule has 0 aliphatic rings. The molecule has 0 spiro atoms. The Kier molecular flexibility index (Phi) is 9.55. The standard InChI is InChI=1S/C64H40ClN3/c65-61-39-60(43-30-26-41(27-31-43)40-12-2-1-3-13-40)66-64(67-61)44-32-28-42(29-33-44)50-22-10-24-57-58-25-11-23-51(63(58)68-62(50)57)49-17-9-16-47(37-49)45-14-8-15-46(36-45)48-34-35-56-54-20-5-4-18-52(54)53-19-6-7-21-55(53)59(56)38-48/h1-39,68H. The van der Waals surface area contributed by atoms with E-state index in [4.69, 9.17) is 16.6 Å². The van der Waals surface area contributed by atoms with Crippen molar-refractivity contribution in [1.82, 2.24) is 15.0 Å². The Labute approximate surface area is 398 Å². The highest BCUT2D eigenvalue weighted by molar-refractivity contribution is 6.29. The van der Waals surface area contributed by atoms with Crippen LogP contribution in [-0.2, 0) is 0 Å². The minimum absolute atomic E-state index is 0.405. The van der Waals surface area contributed by atoms with Crippen LogP contribution in [0.4, 0.5) is 0 Å². The Balaban J connectivity index is 0.816. The Bertz CT molecular complexity index is 4040. The first-order chi connectivity index (χ1) is 33.6. The normalized spacial score (nSPS) is 11.6. The van der Waals surface area contributed by atoms with E-state index in [1.807, 2.05) is 12.1 Å². The van der Waals surface area contributed by atoms with Gasteiger partial charge in [-0.1, -0.05) is 224 Å². The number of nitrogens with zero attached hydrogens (tertiary/aromatic N) is 2. The van der Waals surface area contributed by atoms with E-state index in [0.29, 0.717) is 11.0 Å². The molecule has 3 nitrogen and oxygen atoms in total. The molecule has 0 atom stereocenters. The van der Waals surface area contributed by atoms with Gasteiger partial charge in [-0.15, -0.1) is 0 Å². The molecule has 0 amide bonds. The van der Waals surface area contributed by atoms with E-state index >= 15 is 0 Å². The van der Waals surface area contributed by atoms with E-state index in [1.165, 1.54) is 70.9 Å². The van der Waals surface area contributed by atoms with E-state index in [2.05, 4.69) is 234 Å². The fraction of sp³-hybridized carbons (Fsp3) is 0. The fourth-order valence-corrected chi connectivity index (χ4v) is 10.4. The van der Waals surface area contributed by atoms with Crippen molar-refractivity contribution in [2.24, 2.45) is 0 Å². The molecule has 0 aliphatic carbocycles. The lowest BCUT2D eigenvalue weighted by molar-refractivity contribution is 1.18. The Morgan fingerprint density at radius 1 is 0.265 bits per heavy atom. The summed E-state index contributed by atoms with van der Waals surface area (Å²) in [5.74, 6) is 0.588. The largest absolute Gasteiger partial charge is 0.353 e. The molecule has 2 heterocycles. The number of hydrogen-bond donors (Lipinski definition) is 1. The fourth-order valence-electron chi connectivity index (χ4n) is 10.2. The summed E-state index contributed by atoms with van der Waals surface area (Å²) in [5.41, 5.74) is 16.5. The van der Waals surface area contributed by atoms with E-state index < -0.39 is 0 Å². The number of para-hydroxylation sites is 2. The van der Waals surface area contributed by atoms with Gasteiger partial charge in [0.05, 0.1) is 16.7 Å². The molecule has 0 saturated heterocycles. The van der Waals surface area contributed by atoms with Crippen LogP contribution < -0.4 is 0 Å². The van der Waals surface area contributed by atoms with Crippen molar-refractivity contribution in [3.8, 4) is 78.3 Å². The van der Waals surface area contributed by atoms with Gasteiger partial charge >= 0.3 is 0 Å². The molecule has 4 heteroatoms. The summed E-state index contributed by atoms with van der Waals surface area (Å²) in [5, 5.41) is 10.5. The summed E-state index contributed by atoms with van der Waals surface area (Å²) in [6.07, 6.45) is 0. The number of aromatic amines is 1. The summed E-state index contributed by atoms with van der Waals surface area (Å²) in [6, 6.07) is 84.6. The Morgan fingerprint density at radius 3 is 1.31 bits per heavy atom. The van der Waals surface area contributed by atoms with Gasteiger partial charge in [-0.05, 0) is 95.0 Å². The van der Waals surface area contributed by atoms with Gasteiger partial charge in [0.1, 0.15) is 5.15 Å². The zero-order valence-electron chi connectivity index (χ0n) is 36.8. The van der Waals surface area contributed by atoms with Crippen molar-refractivity contribution in [3.05, 3.63) is 242 Å². The van der Waals surface area contributed by atoms with Gasteiger partial charge in [0.2, 0.25) is 0 Å². The van der Waals surface area contributed by atoms with Gasteiger partial charge in [-0.25, -0.2) is 9.97 Å². The maximum atomic E-state index is 6.62. The molecule has 0 unspecified atom stereocenters. The van der Waals surface area contributed by atoms with Crippen molar-refractivity contribution in [3.63, 3.8) is 0 Å². The molecule has 0 bridgehead atoms. The SMILES string of the molecule is Clc1cc(-c2ccc(-c3ccccc3)cc2)nc(-c2ccc(-c3cccc4c3[nH]c3c(-c5cccc(-c6cccc(-c7ccc8c9ccccc9c9ccccc9c8c7)c6)c5)cccc34)cc2)n1. The molecule has 11 aromatic carbocycles. The predicted molar refractivity (Wildman–Crippen MR) is 287 cm³/mol. The van der Waals surface area contributed by atoms with Crippen LogP contribution in [0.25, 0.3) is 132 Å². The van der Waals surface area contributed by atoms with Crippen LogP contribution in [-0.4, -0.2) is 15.0 Å². The molecule has 0 radical (unpaired) electrons. The topological polar surface area (TPSA) is 41.6 Å². The molecule has 13 aromatic rings. The van der Waals surface area contributed by atoms with Crippen LogP contribution in [0.5, 0.6) is 0 Å². The summed E-state index contributed by atoms with van der Waals surface area (Å²) < 4.78 is 0. The predicted octanol–water partition coefficient (Wildman–Crippen LogP) is 17.9. The average molecular weight is 886 g/mol. The molecule has 0 fully saturated rings. The molecular formula is C64H40ClN3. The van der Waals surface area contributed by atoms with Crippen molar-refractivity contribution in [1.29, 1.82) is 0 Å². The van der Waals surface area contributed by atoms with Crippen molar-refractivity contribution < 1.29 is 0 Å². The Morgan fingerprint density at radius 2 is 0.676 bits per heavy atom. The van der Waals surface area contributed by atoms with Gasteiger partial charge in [0.25, 0.3) is 0 Å². The number of fused-ring (bicyclic) bond motifs is 9. The molecule has 13 rings (SSSR count). The minimum atomic E-state index is 0.405. The van der Waals surface area contributed by atoms with Crippen molar-refractivity contribution in [2.75, 3.05) is 0 Å². The second kappa shape index (κ2) is 16.4. The lowest BCUT2D eigenvalue weighted by Gasteiger charge is -2.13. The molecule has 318 valence electrons. The highest BCUT2D eigenvalue weighted by atomic mass is 35.5. The molecule has 2 aromatic heterocycles. The van der Waals surface area contributed by atoms with Crippen LogP contribution in [0.2, 0.25) is 5.15 Å². The van der Waals surface area contributed by atoms with Crippen LogP contribution in [0.3, 0.4) is 0 Å². The number of hydrogen-bond acceptors (Lipinski definition) is 2. The van der Waals surface area contributed by atoms with Crippen LogP contribution in [0.1, 0.15) is 0 Å². The van der Waals surface area contributed by atoms with Gasteiger partial charge in [0, 0.05) is 39.1 Å². The van der Waals surface area contributed by atoms with Crippen LogP contribution in [0, 0.1) is 0 Å².